The van der Waals surface area contributed by atoms with Crippen LogP contribution < -0.4 is 0 Å². The molecule has 0 aromatic carbocycles. The van der Waals surface area contributed by atoms with E-state index in [0.717, 1.165) is 6.54 Å². The molecule has 0 atom stereocenters. The minimum Gasteiger partial charge on any atom is -0.299 e. The summed E-state index contributed by atoms with van der Waals surface area (Å²) in [5.74, 6) is 0. The SMILES string of the molecule is CC(C)N(C)Cc1ccc(Br)s1. The molecule has 0 saturated carbocycles. The fraction of sp³-hybridized carbons (Fsp3) is 0.556. The van der Waals surface area contributed by atoms with Gasteiger partial charge in [-0.05, 0) is 49.0 Å². The van der Waals surface area contributed by atoms with Crippen molar-refractivity contribution in [3.05, 3.63) is 20.8 Å². The van der Waals surface area contributed by atoms with Crippen molar-refractivity contribution in [2.75, 3.05) is 7.05 Å². The number of hydrogen-bond acceptors (Lipinski definition) is 2. The van der Waals surface area contributed by atoms with Gasteiger partial charge in [0.2, 0.25) is 0 Å². The summed E-state index contributed by atoms with van der Waals surface area (Å²) < 4.78 is 1.22. The molecule has 0 fully saturated rings. The highest BCUT2D eigenvalue weighted by molar-refractivity contribution is 9.11. The third-order valence-corrected chi connectivity index (χ3v) is 3.52. The van der Waals surface area contributed by atoms with Gasteiger partial charge in [-0.25, -0.2) is 0 Å². The topological polar surface area (TPSA) is 3.24 Å². The molecule has 0 radical (unpaired) electrons. The molecule has 0 saturated heterocycles. The largest absolute Gasteiger partial charge is 0.299 e. The van der Waals surface area contributed by atoms with Crippen LogP contribution in [0.2, 0.25) is 0 Å². The summed E-state index contributed by atoms with van der Waals surface area (Å²) in [6, 6.07) is 4.90. The van der Waals surface area contributed by atoms with Crippen molar-refractivity contribution in [1.29, 1.82) is 0 Å². The van der Waals surface area contributed by atoms with Crippen molar-refractivity contribution in [2.45, 2.75) is 26.4 Å². The fourth-order valence-electron chi connectivity index (χ4n) is 0.865. The van der Waals surface area contributed by atoms with Gasteiger partial charge in [0, 0.05) is 17.5 Å². The van der Waals surface area contributed by atoms with Crippen LogP contribution in [0.4, 0.5) is 0 Å². The summed E-state index contributed by atoms with van der Waals surface area (Å²) in [6.07, 6.45) is 0. The Bertz CT molecular complexity index is 244. The highest BCUT2D eigenvalue weighted by Crippen LogP contribution is 2.23. The van der Waals surface area contributed by atoms with E-state index in [0.29, 0.717) is 6.04 Å². The van der Waals surface area contributed by atoms with E-state index < -0.39 is 0 Å². The summed E-state index contributed by atoms with van der Waals surface area (Å²) in [6.45, 7) is 5.47. The molecular formula is C9H14BrNS. The van der Waals surface area contributed by atoms with Crippen molar-refractivity contribution >= 4 is 27.3 Å². The second-order valence-corrected chi connectivity index (χ2v) is 5.76. The number of rotatable bonds is 3. The van der Waals surface area contributed by atoms with Gasteiger partial charge in [-0.3, -0.25) is 4.90 Å². The molecular weight excluding hydrogens is 234 g/mol. The lowest BCUT2D eigenvalue weighted by atomic mass is 10.3. The first kappa shape index (κ1) is 10.2. The molecule has 1 heterocycles. The summed E-state index contributed by atoms with van der Waals surface area (Å²) in [4.78, 5) is 3.75. The third-order valence-electron chi connectivity index (χ3n) is 1.92. The summed E-state index contributed by atoms with van der Waals surface area (Å²) >= 11 is 5.27. The Morgan fingerprint density at radius 3 is 2.58 bits per heavy atom. The van der Waals surface area contributed by atoms with E-state index in [1.165, 1.54) is 8.66 Å². The van der Waals surface area contributed by atoms with E-state index in [-0.39, 0.29) is 0 Å². The van der Waals surface area contributed by atoms with Crippen LogP contribution in [0, 0.1) is 0 Å². The average Bonchev–Trinajstić information content (AvgIpc) is 2.35. The zero-order chi connectivity index (χ0) is 9.14. The molecule has 3 heteroatoms. The Morgan fingerprint density at radius 2 is 2.17 bits per heavy atom. The number of hydrogen-bond donors (Lipinski definition) is 0. The lowest BCUT2D eigenvalue weighted by Crippen LogP contribution is -2.24. The first-order chi connectivity index (χ1) is 5.59. The first-order valence-corrected chi connectivity index (χ1v) is 5.65. The number of halogens is 1. The molecule has 0 aliphatic heterocycles. The zero-order valence-corrected chi connectivity index (χ0v) is 10.1. The second kappa shape index (κ2) is 4.40. The molecule has 0 aliphatic rings. The van der Waals surface area contributed by atoms with Gasteiger partial charge in [0.25, 0.3) is 0 Å². The highest BCUT2D eigenvalue weighted by Gasteiger charge is 2.05. The normalized spacial score (nSPS) is 11.5. The Morgan fingerprint density at radius 1 is 1.50 bits per heavy atom. The molecule has 0 aliphatic carbocycles. The average molecular weight is 248 g/mol. The summed E-state index contributed by atoms with van der Waals surface area (Å²) in [5, 5.41) is 0. The molecule has 0 N–H and O–H groups in total. The van der Waals surface area contributed by atoms with Crippen LogP contribution in [-0.2, 0) is 6.54 Å². The van der Waals surface area contributed by atoms with Crippen LogP contribution in [0.15, 0.2) is 15.9 Å². The Balaban J connectivity index is 2.52. The predicted molar refractivity (Wildman–Crippen MR) is 58.6 cm³/mol. The zero-order valence-electron chi connectivity index (χ0n) is 7.67. The number of nitrogens with zero attached hydrogens (tertiary/aromatic N) is 1. The van der Waals surface area contributed by atoms with Gasteiger partial charge in [0.1, 0.15) is 0 Å². The maximum atomic E-state index is 3.46. The third kappa shape index (κ3) is 2.88. The Hall–Kier alpha value is 0.140. The van der Waals surface area contributed by atoms with Gasteiger partial charge in [0.15, 0.2) is 0 Å². The van der Waals surface area contributed by atoms with E-state index in [1.54, 1.807) is 0 Å². The molecule has 0 bridgehead atoms. The maximum absolute atomic E-state index is 3.46. The van der Waals surface area contributed by atoms with Crippen LogP contribution in [0.5, 0.6) is 0 Å². The molecule has 12 heavy (non-hydrogen) atoms. The summed E-state index contributed by atoms with van der Waals surface area (Å²) in [5.41, 5.74) is 0. The minimum absolute atomic E-state index is 0.617. The van der Waals surface area contributed by atoms with Crippen LogP contribution >= 0.6 is 27.3 Å². The molecule has 0 amide bonds. The van der Waals surface area contributed by atoms with Gasteiger partial charge < -0.3 is 0 Å². The van der Waals surface area contributed by atoms with Crippen LogP contribution in [0.25, 0.3) is 0 Å². The van der Waals surface area contributed by atoms with Gasteiger partial charge in [0.05, 0.1) is 3.79 Å². The summed E-state index contributed by atoms with van der Waals surface area (Å²) in [7, 11) is 2.15. The molecule has 0 unspecified atom stereocenters. The molecule has 1 nitrogen and oxygen atoms in total. The van der Waals surface area contributed by atoms with Crippen LogP contribution in [0.1, 0.15) is 18.7 Å². The standard InChI is InChI=1S/C9H14BrNS/c1-7(2)11(3)6-8-4-5-9(10)12-8/h4-5,7H,6H2,1-3H3. The van der Waals surface area contributed by atoms with Crippen molar-refractivity contribution in [2.24, 2.45) is 0 Å². The lowest BCUT2D eigenvalue weighted by Gasteiger charge is -2.19. The van der Waals surface area contributed by atoms with E-state index in [4.69, 9.17) is 0 Å². The van der Waals surface area contributed by atoms with Crippen molar-refractivity contribution in [1.82, 2.24) is 4.90 Å². The monoisotopic (exact) mass is 247 g/mol. The van der Waals surface area contributed by atoms with Crippen molar-refractivity contribution in [3.8, 4) is 0 Å². The van der Waals surface area contributed by atoms with Gasteiger partial charge in [-0.1, -0.05) is 0 Å². The number of thiophene rings is 1. The van der Waals surface area contributed by atoms with Crippen LogP contribution in [0.3, 0.4) is 0 Å². The van der Waals surface area contributed by atoms with E-state index in [1.807, 2.05) is 11.3 Å². The van der Waals surface area contributed by atoms with Gasteiger partial charge in [-0.2, -0.15) is 0 Å². The lowest BCUT2D eigenvalue weighted by molar-refractivity contribution is 0.268. The van der Waals surface area contributed by atoms with Gasteiger partial charge >= 0.3 is 0 Å². The Kier molecular flexibility index (Phi) is 3.75. The molecule has 68 valence electrons. The quantitative estimate of drug-likeness (QED) is 0.792. The van der Waals surface area contributed by atoms with E-state index >= 15 is 0 Å². The van der Waals surface area contributed by atoms with Crippen molar-refractivity contribution in [3.63, 3.8) is 0 Å². The van der Waals surface area contributed by atoms with E-state index in [2.05, 4.69) is 53.9 Å². The smallest absolute Gasteiger partial charge is 0.0701 e. The molecule has 1 rings (SSSR count). The van der Waals surface area contributed by atoms with E-state index in [9.17, 15) is 0 Å². The minimum atomic E-state index is 0.617. The fourth-order valence-corrected chi connectivity index (χ4v) is 2.41. The Labute approximate surface area is 86.5 Å². The van der Waals surface area contributed by atoms with Gasteiger partial charge in [-0.15, -0.1) is 11.3 Å². The second-order valence-electron chi connectivity index (χ2n) is 3.21. The molecule has 1 aromatic rings. The predicted octanol–water partition coefficient (Wildman–Crippen LogP) is 3.35. The van der Waals surface area contributed by atoms with Crippen LogP contribution in [-0.4, -0.2) is 18.0 Å². The maximum Gasteiger partial charge on any atom is 0.0701 e. The molecule has 1 aromatic heterocycles. The first-order valence-electron chi connectivity index (χ1n) is 4.04. The molecule has 0 spiro atoms. The van der Waals surface area contributed by atoms with Crippen molar-refractivity contribution < 1.29 is 0 Å². The highest BCUT2D eigenvalue weighted by atomic mass is 79.9.